The number of carbonyl (C=O) groups is 2. The van der Waals surface area contributed by atoms with Gasteiger partial charge >= 0.3 is 5.91 Å². The highest BCUT2D eigenvalue weighted by Crippen LogP contribution is 2.36. The second kappa shape index (κ2) is 8.62. The van der Waals surface area contributed by atoms with E-state index >= 15 is 0 Å². The molecule has 1 amide bonds. The number of Topliss-reactive ketones (excluding diaryl/α,β-unsaturated/α-hetero) is 1. The predicted molar refractivity (Wildman–Crippen MR) is 131 cm³/mol. The number of carbonyl (C=O) groups excluding carboxylic acids is 2. The van der Waals surface area contributed by atoms with E-state index < -0.39 is 0 Å². The van der Waals surface area contributed by atoms with Crippen molar-refractivity contribution in [2.24, 2.45) is 10.2 Å². The van der Waals surface area contributed by atoms with E-state index in [1.165, 1.54) is 29.5 Å². The zero-order chi connectivity index (χ0) is 23.8. The van der Waals surface area contributed by atoms with Crippen LogP contribution in [-0.4, -0.2) is 28.2 Å². The first-order chi connectivity index (χ1) is 16.4. The molecule has 0 saturated carbocycles. The minimum absolute atomic E-state index is 0.108. The van der Waals surface area contributed by atoms with Crippen molar-refractivity contribution < 1.29 is 19.1 Å². The molecule has 1 aromatic heterocycles. The largest absolute Gasteiger partial charge is 0.505 e. The molecule has 0 radical (unpaired) electrons. The van der Waals surface area contributed by atoms with Crippen LogP contribution in [0.3, 0.4) is 0 Å². The number of hydrogen-bond acceptors (Lipinski definition) is 7. The number of hydrogen-bond donors (Lipinski definition) is 2. The molecule has 8 heteroatoms. The van der Waals surface area contributed by atoms with Crippen molar-refractivity contribution in [2.45, 2.75) is 39.5 Å². The van der Waals surface area contributed by atoms with Crippen LogP contribution in [0.15, 0.2) is 63.2 Å². The van der Waals surface area contributed by atoms with Crippen LogP contribution in [0.4, 0.5) is 11.4 Å². The topological polar surface area (TPSA) is 108 Å². The minimum atomic E-state index is -0.339. The van der Waals surface area contributed by atoms with Crippen molar-refractivity contribution in [2.75, 3.05) is 10.4 Å². The smallest absolute Gasteiger partial charge is 0.301 e. The molecular weight excluding hydrogens is 432 g/mol. The molecule has 0 atom stereocenters. The summed E-state index contributed by atoms with van der Waals surface area (Å²) in [5.41, 5.74) is 7.43. The number of aryl methyl sites for hydroxylation is 2. The number of para-hydroxylation sites is 1. The third-order valence-corrected chi connectivity index (χ3v) is 6.11. The number of rotatable bonds is 5. The second-order valence-corrected chi connectivity index (χ2v) is 8.46. The van der Waals surface area contributed by atoms with Gasteiger partial charge in [-0.05, 0) is 80.1 Å². The fourth-order valence-electron chi connectivity index (χ4n) is 4.27. The van der Waals surface area contributed by atoms with Gasteiger partial charge in [0.2, 0.25) is 0 Å². The number of amides is 1. The molecule has 1 aliphatic carbocycles. The summed E-state index contributed by atoms with van der Waals surface area (Å²) in [5, 5.41) is 20.8. The summed E-state index contributed by atoms with van der Waals surface area (Å²) in [6.07, 6.45) is 4.43. The fraction of sp³-hybridized carbons (Fsp3) is 0.231. The van der Waals surface area contributed by atoms with Gasteiger partial charge in [0.05, 0.1) is 22.6 Å². The van der Waals surface area contributed by atoms with E-state index in [9.17, 15) is 14.7 Å². The van der Waals surface area contributed by atoms with Crippen LogP contribution in [0, 0.1) is 0 Å². The average molecular weight is 457 g/mol. The number of anilines is 2. The molecule has 0 saturated heterocycles. The van der Waals surface area contributed by atoms with Crippen molar-refractivity contribution in [1.29, 1.82) is 0 Å². The molecule has 5 rings (SSSR count). The van der Waals surface area contributed by atoms with Gasteiger partial charge in [-0.3, -0.25) is 15.0 Å². The number of hydrazone groups is 2. The van der Waals surface area contributed by atoms with Gasteiger partial charge in [0.25, 0.3) is 0 Å². The Balaban J connectivity index is 1.38. The first-order valence-corrected chi connectivity index (χ1v) is 11.2. The lowest BCUT2D eigenvalue weighted by Crippen LogP contribution is -2.28. The number of ketones is 1. The van der Waals surface area contributed by atoms with Crippen molar-refractivity contribution in [3.63, 3.8) is 0 Å². The van der Waals surface area contributed by atoms with E-state index in [-0.39, 0.29) is 28.9 Å². The molecule has 34 heavy (non-hydrogen) atoms. The number of nitrogens with zero attached hydrogens (tertiary/aromatic N) is 3. The third-order valence-electron chi connectivity index (χ3n) is 6.11. The highest BCUT2D eigenvalue weighted by Gasteiger charge is 2.31. The molecule has 1 aliphatic heterocycles. The average Bonchev–Trinajstić information content (AvgIpc) is 3.43. The molecule has 0 fully saturated rings. The van der Waals surface area contributed by atoms with Crippen LogP contribution < -0.4 is 10.4 Å². The van der Waals surface area contributed by atoms with Crippen molar-refractivity contribution in [1.82, 2.24) is 0 Å². The standard InChI is InChI=1S/C26H24N4O4/c1-15-24(26(33)30(29-15)19-11-10-17-6-3-4-7-18(17)14-19)28-27-21-9-5-8-20(25(21)32)23-13-12-22(34-23)16(2)31/h5,8-14,27,32H,3-4,6-7H2,1-2H3/b28-24-. The number of aromatic hydroxyl groups is 1. The first-order valence-electron chi connectivity index (χ1n) is 11.2. The van der Waals surface area contributed by atoms with Crippen LogP contribution in [-0.2, 0) is 17.6 Å². The highest BCUT2D eigenvalue weighted by molar-refractivity contribution is 6.71. The van der Waals surface area contributed by atoms with E-state index in [1.54, 1.807) is 37.3 Å². The molecule has 172 valence electrons. The van der Waals surface area contributed by atoms with Crippen molar-refractivity contribution in [3.05, 3.63) is 65.4 Å². The Bertz CT molecular complexity index is 1370. The Hall–Kier alpha value is -4.20. The maximum absolute atomic E-state index is 13.1. The quantitative estimate of drug-likeness (QED) is 0.322. The summed E-state index contributed by atoms with van der Waals surface area (Å²) in [6.45, 7) is 3.13. The second-order valence-electron chi connectivity index (χ2n) is 8.46. The van der Waals surface area contributed by atoms with E-state index in [2.05, 4.69) is 21.7 Å². The maximum atomic E-state index is 13.1. The van der Waals surface area contributed by atoms with Gasteiger partial charge in [-0.25, -0.2) is 0 Å². The SMILES string of the molecule is CC(=O)c1ccc(-c2cccc(N/N=C3\C(=O)N(c4ccc5c(c4)CCCC5)N=C3C)c2O)o1. The van der Waals surface area contributed by atoms with Gasteiger partial charge in [0, 0.05) is 6.92 Å². The molecular formula is C26H24N4O4. The van der Waals surface area contributed by atoms with Crippen LogP contribution >= 0.6 is 0 Å². The number of benzene rings is 2. The lowest BCUT2D eigenvalue weighted by molar-refractivity contribution is -0.112. The van der Waals surface area contributed by atoms with E-state index in [0.29, 0.717) is 22.7 Å². The molecule has 2 aromatic carbocycles. The number of furan rings is 1. The van der Waals surface area contributed by atoms with Gasteiger partial charge in [-0.15, -0.1) is 0 Å². The monoisotopic (exact) mass is 456 g/mol. The van der Waals surface area contributed by atoms with E-state index in [0.717, 1.165) is 24.9 Å². The Morgan fingerprint density at radius 3 is 2.68 bits per heavy atom. The number of phenolic OH excluding ortho intramolecular Hbond substituents is 1. The van der Waals surface area contributed by atoms with Gasteiger partial charge < -0.3 is 9.52 Å². The van der Waals surface area contributed by atoms with Gasteiger partial charge in [-0.2, -0.15) is 15.2 Å². The summed E-state index contributed by atoms with van der Waals surface area (Å²) in [4.78, 5) is 24.6. The number of nitrogens with one attached hydrogen (secondary N) is 1. The Labute approximate surface area is 196 Å². The summed E-state index contributed by atoms with van der Waals surface area (Å²) >= 11 is 0. The van der Waals surface area contributed by atoms with Gasteiger partial charge in [0.1, 0.15) is 5.76 Å². The first kappa shape index (κ1) is 21.6. The Morgan fingerprint density at radius 2 is 1.91 bits per heavy atom. The zero-order valence-corrected chi connectivity index (χ0v) is 19.0. The van der Waals surface area contributed by atoms with Gasteiger partial charge in [-0.1, -0.05) is 12.1 Å². The lowest BCUT2D eigenvalue weighted by Gasteiger charge is -2.19. The normalized spacial score (nSPS) is 16.5. The summed E-state index contributed by atoms with van der Waals surface area (Å²) < 4.78 is 5.53. The van der Waals surface area contributed by atoms with Crippen LogP contribution in [0.5, 0.6) is 5.75 Å². The summed E-state index contributed by atoms with van der Waals surface area (Å²) in [7, 11) is 0. The third kappa shape index (κ3) is 3.87. The molecule has 0 unspecified atom stereocenters. The molecule has 3 aromatic rings. The summed E-state index contributed by atoms with van der Waals surface area (Å²) in [5.74, 6) is -0.0910. The zero-order valence-electron chi connectivity index (χ0n) is 19.0. The molecule has 2 N–H and O–H groups in total. The summed E-state index contributed by atoms with van der Waals surface area (Å²) in [6, 6.07) is 14.2. The molecule has 8 nitrogen and oxygen atoms in total. The number of fused-ring (bicyclic) bond motifs is 1. The Morgan fingerprint density at radius 1 is 1.12 bits per heavy atom. The Kier molecular flexibility index (Phi) is 5.49. The molecule has 2 aliphatic rings. The van der Waals surface area contributed by atoms with Crippen LogP contribution in [0.25, 0.3) is 11.3 Å². The van der Waals surface area contributed by atoms with Gasteiger partial charge in [0.15, 0.2) is 23.0 Å². The van der Waals surface area contributed by atoms with E-state index in [4.69, 9.17) is 4.42 Å². The van der Waals surface area contributed by atoms with E-state index in [1.807, 2.05) is 12.1 Å². The fourth-order valence-corrected chi connectivity index (χ4v) is 4.27. The van der Waals surface area contributed by atoms with Crippen molar-refractivity contribution >= 4 is 34.5 Å². The maximum Gasteiger partial charge on any atom is 0.301 e. The number of phenols is 1. The molecule has 2 heterocycles. The van der Waals surface area contributed by atoms with Crippen molar-refractivity contribution in [3.8, 4) is 17.1 Å². The minimum Gasteiger partial charge on any atom is -0.505 e. The van der Waals surface area contributed by atoms with Crippen LogP contribution in [0.1, 0.15) is 48.4 Å². The molecule has 0 spiro atoms. The van der Waals surface area contributed by atoms with Crippen LogP contribution in [0.2, 0.25) is 0 Å². The molecule has 0 bridgehead atoms. The predicted octanol–water partition coefficient (Wildman–Crippen LogP) is 4.92. The lowest BCUT2D eigenvalue weighted by atomic mass is 9.91. The highest BCUT2D eigenvalue weighted by atomic mass is 16.3.